The number of nitrogen functional groups attached to an aromatic ring is 1. The van der Waals surface area contributed by atoms with Gasteiger partial charge in [0, 0.05) is 36.6 Å². The van der Waals surface area contributed by atoms with E-state index in [-0.39, 0.29) is 11.9 Å². The largest absolute Gasteiger partial charge is 0.493 e. The molecule has 2 rings (SSSR count). The second kappa shape index (κ2) is 8.47. The zero-order valence-electron chi connectivity index (χ0n) is 13.4. The third kappa shape index (κ3) is 4.81. The number of nitrogens with two attached hydrogens (primary N) is 2. The number of ether oxygens (including phenoxy) is 1. The Morgan fingerprint density at radius 3 is 2.71 bits per heavy atom. The van der Waals surface area contributed by atoms with E-state index in [0.29, 0.717) is 42.5 Å². The molecule has 0 bridgehead atoms. The van der Waals surface area contributed by atoms with Crippen LogP contribution in [0.1, 0.15) is 22.3 Å². The van der Waals surface area contributed by atoms with Crippen LogP contribution in [0.25, 0.3) is 0 Å². The van der Waals surface area contributed by atoms with Gasteiger partial charge in [-0.15, -0.1) is 0 Å². The molecule has 0 saturated carbocycles. The average molecular weight is 350 g/mol. The van der Waals surface area contributed by atoms with Gasteiger partial charge < -0.3 is 21.1 Å². The van der Waals surface area contributed by atoms with E-state index in [1.807, 2.05) is 0 Å². The minimum atomic E-state index is -0.189. The van der Waals surface area contributed by atoms with Gasteiger partial charge in [0.2, 0.25) is 5.95 Å². The van der Waals surface area contributed by atoms with Crippen LogP contribution in [0, 0.1) is 0 Å². The van der Waals surface area contributed by atoms with Gasteiger partial charge in [-0.25, -0.2) is 9.97 Å². The van der Waals surface area contributed by atoms with Crippen molar-refractivity contribution in [3.05, 3.63) is 46.7 Å². The monoisotopic (exact) mass is 349 g/mol. The normalized spacial score (nSPS) is 10.5. The van der Waals surface area contributed by atoms with Crippen LogP contribution < -0.4 is 16.2 Å². The van der Waals surface area contributed by atoms with Crippen molar-refractivity contribution in [2.75, 3.05) is 25.9 Å². The highest BCUT2D eigenvalue weighted by Gasteiger charge is 2.18. The Kier molecular flexibility index (Phi) is 6.34. The second-order valence-corrected chi connectivity index (χ2v) is 5.68. The van der Waals surface area contributed by atoms with Crippen molar-refractivity contribution in [3.8, 4) is 5.75 Å². The van der Waals surface area contributed by atoms with Gasteiger partial charge in [0.1, 0.15) is 5.75 Å². The molecule has 0 spiro atoms. The minimum absolute atomic E-state index is 0.189. The Hall–Kier alpha value is -2.38. The lowest BCUT2D eigenvalue weighted by atomic mass is 10.1. The van der Waals surface area contributed by atoms with Crippen LogP contribution in [0.4, 0.5) is 5.95 Å². The zero-order valence-corrected chi connectivity index (χ0v) is 14.2. The van der Waals surface area contributed by atoms with Crippen LogP contribution in [-0.4, -0.2) is 41.0 Å². The summed E-state index contributed by atoms with van der Waals surface area (Å²) in [4.78, 5) is 22.1. The molecule has 128 valence electrons. The van der Waals surface area contributed by atoms with Gasteiger partial charge in [0.15, 0.2) is 0 Å². The van der Waals surface area contributed by atoms with Gasteiger partial charge in [-0.1, -0.05) is 11.6 Å². The fourth-order valence-corrected chi connectivity index (χ4v) is 2.22. The Bertz CT molecular complexity index is 693. The molecule has 0 aliphatic carbocycles. The first kappa shape index (κ1) is 18.0. The molecule has 1 amide bonds. The summed E-state index contributed by atoms with van der Waals surface area (Å²) in [5, 5.41) is 0.504. The molecule has 24 heavy (non-hydrogen) atoms. The van der Waals surface area contributed by atoms with E-state index >= 15 is 0 Å². The lowest BCUT2D eigenvalue weighted by Crippen LogP contribution is -2.27. The van der Waals surface area contributed by atoms with Crippen LogP contribution in [0.15, 0.2) is 30.6 Å². The first-order chi connectivity index (χ1) is 11.5. The summed E-state index contributed by atoms with van der Waals surface area (Å²) in [5.41, 5.74) is 12.1. The number of carbonyl (C=O) groups is 1. The van der Waals surface area contributed by atoms with Gasteiger partial charge in [-0.3, -0.25) is 4.79 Å². The van der Waals surface area contributed by atoms with Crippen LogP contribution in [0.5, 0.6) is 5.75 Å². The van der Waals surface area contributed by atoms with Crippen LogP contribution in [0.2, 0.25) is 5.02 Å². The molecular formula is C16H20ClN5O2. The third-order valence-electron chi connectivity index (χ3n) is 3.27. The number of aromatic nitrogens is 2. The van der Waals surface area contributed by atoms with Crippen molar-refractivity contribution in [1.29, 1.82) is 0 Å². The van der Waals surface area contributed by atoms with E-state index in [9.17, 15) is 4.79 Å². The number of halogens is 1. The van der Waals surface area contributed by atoms with E-state index < -0.39 is 0 Å². The molecule has 0 saturated heterocycles. The molecule has 0 aliphatic rings. The van der Waals surface area contributed by atoms with Crippen molar-refractivity contribution in [3.63, 3.8) is 0 Å². The van der Waals surface area contributed by atoms with Gasteiger partial charge >= 0.3 is 0 Å². The first-order valence-corrected chi connectivity index (χ1v) is 7.83. The lowest BCUT2D eigenvalue weighted by Gasteiger charge is -2.19. The van der Waals surface area contributed by atoms with E-state index in [4.69, 9.17) is 27.8 Å². The molecule has 7 nitrogen and oxygen atoms in total. The van der Waals surface area contributed by atoms with Crippen molar-refractivity contribution >= 4 is 23.5 Å². The summed E-state index contributed by atoms with van der Waals surface area (Å²) in [7, 11) is 1.69. The molecule has 0 atom stereocenters. The molecular weight excluding hydrogens is 330 g/mol. The summed E-state index contributed by atoms with van der Waals surface area (Å²) >= 11 is 6.00. The number of nitrogens with zero attached hydrogens (tertiary/aromatic N) is 3. The van der Waals surface area contributed by atoms with E-state index in [2.05, 4.69) is 9.97 Å². The molecule has 1 aromatic heterocycles. The third-order valence-corrected chi connectivity index (χ3v) is 3.51. The number of rotatable bonds is 7. The quantitative estimate of drug-likeness (QED) is 0.737. The molecule has 1 aromatic carbocycles. The van der Waals surface area contributed by atoms with Crippen molar-refractivity contribution in [2.45, 2.75) is 13.0 Å². The molecule has 0 unspecified atom stereocenters. The van der Waals surface area contributed by atoms with Gasteiger partial charge in [0.25, 0.3) is 5.91 Å². The number of hydrogen-bond donors (Lipinski definition) is 2. The molecule has 0 fully saturated rings. The number of carbonyl (C=O) groups excluding carboxylic acids is 1. The standard InChI is InChI=1S/C16H20ClN5O2/c1-22(10-11-8-20-16(19)21-9-11)15(23)13-4-3-12(17)7-14(13)24-6-2-5-18/h3-4,7-9H,2,5-6,10,18H2,1H3,(H2,19,20,21). The molecule has 0 radical (unpaired) electrons. The molecule has 8 heteroatoms. The summed E-state index contributed by atoms with van der Waals surface area (Å²) < 4.78 is 5.64. The van der Waals surface area contributed by atoms with Crippen molar-refractivity contribution < 1.29 is 9.53 Å². The maximum absolute atomic E-state index is 12.7. The predicted molar refractivity (Wildman–Crippen MR) is 92.9 cm³/mol. The Labute approximate surface area is 145 Å². The Morgan fingerprint density at radius 1 is 1.33 bits per heavy atom. The van der Waals surface area contributed by atoms with E-state index in [0.717, 1.165) is 5.56 Å². The highest BCUT2D eigenvalue weighted by Crippen LogP contribution is 2.25. The number of hydrogen-bond acceptors (Lipinski definition) is 6. The van der Waals surface area contributed by atoms with Crippen molar-refractivity contribution in [2.24, 2.45) is 5.73 Å². The molecule has 4 N–H and O–H groups in total. The SMILES string of the molecule is CN(Cc1cnc(N)nc1)C(=O)c1ccc(Cl)cc1OCCCN. The summed E-state index contributed by atoms with van der Waals surface area (Å²) in [5.74, 6) is 0.452. The topological polar surface area (TPSA) is 107 Å². The highest BCUT2D eigenvalue weighted by atomic mass is 35.5. The smallest absolute Gasteiger partial charge is 0.257 e. The van der Waals surface area contributed by atoms with Gasteiger partial charge in [-0.05, 0) is 31.2 Å². The maximum atomic E-state index is 12.7. The van der Waals surface area contributed by atoms with Crippen LogP contribution in [0.3, 0.4) is 0 Å². The van der Waals surface area contributed by atoms with E-state index in [1.165, 1.54) is 0 Å². The van der Waals surface area contributed by atoms with Crippen LogP contribution in [-0.2, 0) is 6.54 Å². The number of anilines is 1. The van der Waals surface area contributed by atoms with E-state index in [1.54, 1.807) is 42.5 Å². The lowest BCUT2D eigenvalue weighted by molar-refractivity contribution is 0.0780. The maximum Gasteiger partial charge on any atom is 0.257 e. The average Bonchev–Trinajstić information content (AvgIpc) is 2.57. The predicted octanol–water partition coefficient (Wildman–Crippen LogP) is 1.71. The summed E-state index contributed by atoms with van der Waals surface area (Å²) in [6.07, 6.45) is 3.87. The minimum Gasteiger partial charge on any atom is -0.493 e. The molecule has 1 heterocycles. The second-order valence-electron chi connectivity index (χ2n) is 5.24. The molecule has 2 aromatic rings. The Balaban J connectivity index is 2.13. The Morgan fingerprint density at radius 2 is 2.04 bits per heavy atom. The highest BCUT2D eigenvalue weighted by molar-refractivity contribution is 6.30. The van der Waals surface area contributed by atoms with Crippen molar-refractivity contribution in [1.82, 2.24) is 14.9 Å². The zero-order chi connectivity index (χ0) is 17.5. The number of amides is 1. The van der Waals surface area contributed by atoms with Crippen LogP contribution >= 0.6 is 11.6 Å². The number of benzene rings is 1. The van der Waals surface area contributed by atoms with Gasteiger partial charge in [0.05, 0.1) is 12.2 Å². The summed E-state index contributed by atoms with van der Waals surface area (Å²) in [6, 6.07) is 4.94. The summed E-state index contributed by atoms with van der Waals surface area (Å²) in [6.45, 7) is 1.29. The first-order valence-electron chi connectivity index (χ1n) is 7.45. The molecule has 0 aliphatic heterocycles. The van der Waals surface area contributed by atoms with Gasteiger partial charge in [-0.2, -0.15) is 0 Å². The fraction of sp³-hybridized carbons (Fsp3) is 0.312. The fourth-order valence-electron chi connectivity index (χ4n) is 2.06.